The highest BCUT2D eigenvalue weighted by atomic mass is 16.5. The number of piperidine rings is 1. The van der Waals surface area contributed by atoms with Gasteiger partial charge in [0, 0.05) is 32.2 Å². The highest BCUT2D eigenvalue weighted by molar-refractivity contribution is 5.84. The average Bonchev–Trinajstić information content (AvgIpc) is 2.71. The van der Waals surface area contributed by atoms with Gasteiger partial charge in [-0.15, -0.1) is 0 Å². The van der Waals surface area contributed by atoms with Gasteiger partial charge in [0.15, 0.2) is 0 Å². The van der Waals surface area contributed by atoms with E-state index in [0.717, 1.165) is 32.4 Å². The predicted octanol–water partition coefficient (Wildman–Crippen LogP) is 0.887. The van der Waals surface area contributed by atoms with Gasteiger partial charge < -0.3 is 25.6 Å². The fraction of sp³-hybridized carbons (Fsp3) is 0.600. The maximum atomic E-state index is 12.4. The maximum absolute atomic E-state index is 12.4. The number of carbonyl (C=O) groups excluding carboxylic acids is 2. The number of hydrogen-bond donors (Lipinski definition) is 3. The van der Waals surface area contributed by atoms with Crippen LogP contribution >= 0.6 is 0 Å². The second-order valence-electron chi connectivity index (χ2n) is 7.56. The molecule has 0 atom stereocenters. The topological polar surface area (TPSA) is 82.7 Å². The van der Waals surface area contributed by atoms with Crippen molar-refractivity contribution in [2.45, 2.75) is 25.8 Å². The van der Waals surface area contributed by atoms with Crippen LogP contribution in [0.3, 0.4) is 0 Å². The molecule has 0 spiro atoms. The summed E-state index contributed by atoms with van der Waals surface area (Å²) in [4.78, 5) is 26.4. The van der Waals surface area contributed by atoms with Crippen molar-refractivity contribution in [1.82, 2.24) is 20.9 Å². The van der Waals surface area contributed by atoms with E-state index >= 15 is 0 Å². The Morgan fingerprint density at radius 2 is 1.93 bits per heavy atom. The lowest BCUT2D eigenvalue weighted by Gasteiger charge is -2.37. The Balaban J connectivity index is 1.43. The van der Waals surface area contributed by atoms with Crippen molar-refractivity contribution in [3.8, 4) is 0 Å². The first-order chi connectivity index (χ1) is 13.1. The molecule has 0 aromatic heterocycles. The van der Waals surface area contributed by atoms with Gasteiger partial charge in [-0.25, -0.2) is 4.79 Å². The fourth-order valence-corrected chi connectivity index (χ4v) is 3.92. The van der Waals surface area contributed by atoms with Gasteiger partial charge in [-0.1, -0.05) is 24.3 Å². The number of carbonyl (C=O) groups is 2. The maximum Gasteiger partial charge on any atom is 0.318 e. The Labute approximate surface area is 160 Å². The van der Waals surface area contributed by atoms with Crippen molar-refractivity contribution in [2.75, 3.05) is 46.4 Å². The summed E-state index contributed by atoms with van der Waals surface area (Å²) in [6, 6.07) is 7.99. The highest BCUT2D eigenvalue weighted by Crippen LogP contribution is 2.28. The summed E-state index contributed by atoms with van der Waals surface area (Å²) in [7, 11) is 1.70. The van der Waals surface area contributed by atoms with Crippen LogP contribution in [-0.4, -0.2) is 63.3 Å². The second-order valence-corrected chi connectivity index (χ2v) is 7.56. The van der Waals surface area contributed by atoms with Gasteiger partial charge in [-0.3, -0.25) is 4.79 Å². The molecule has 0 radical (unpaired) electrons. The zero-order chi connectivity index (χ0) is 19.1. The second kappa shape index (κ2) is 9.19. The fourth-order valence-electron chi connectivity index (χ4n) is 3.92. The summed E-state index contributed by atoms with van der Waals surface area (Å²) >= 11 is 0. The Hall–Kier alpha value is -2.12. The predicted molar refractivity (Wildman–Crippen MR) is 103 cm³/mol. The Kier molecular flexibility index (Phi) is 6.68. The van der Waals surface area contributed by atoms with Crippen LogP contribution in [0, 0.1) is 5.41 Å². The van der Waals surface area contributed by atoms with Crippen LogP contribution in [0.25, 0.3) is 0 Å². The number of urea groups is 1. The van der Waals surface area contributed by atoms with E-state index in [4.69, 9.17) is 4.74 Å². The Morgan fingerprint density at radius 1 is 1.19 bits per heavy atom. The van der Waals surface area contributed by atoms with E-state index in [1.165, 1.54) is 11.1 Å². The molecule has 2 heterocycles. The molecule has 148 valence electrons. The minimum absolute atomic E-state index is 0.00169. The molecule has 0 aliphatic carbocycles. The molecule has 0 saturated carbocycles. The molecule has 2 aliphatic heterocycles. The van der Waals surface area contributed by atoms with Crippen molar-refractivity contribution >= 4 is 11.9 Å². The van der Waals surface area contributed by atoms with E-state index < -0.39 is 0 Å². The number of benzene rings is 1. The molecule has 3 N–H and O–H groups in total. The van der Waals surface area contributed by atoms with Crippen LogP contribution in [-0.2, 0) is 22.5 Å². The van der Waals surface area contributed by atoms with Crippen molar-refractivity contribution in [2.24, 2.45) is 5.41 Å². The minimum atomic E-state index is -0.187. The quantitative estimate of drug-likeness (QED) is 0.691. The summed E-state index contributed by atoms with van der Waals surface area (Å²) in [6.07, 6.45) is 2.80. The minimum Gasteiger partial charge on any atom is -0.384 e. The Morgan fingerprint density at radius 3 is 2.67 bits per heavy atom. The van der Waals surface area contributed by atoms with E-state index in [1.807, 2.05) is 12.1 Å². The van der Waals surface area contributed by atoms with Crippen molar-refractivity contribution in [1.29, 1.82) is 0 Å². The van der Waals surface area contributed by atoms with Crippen LogP contribution in [0.15, 0.2) is 24.3 Å². The van der Waals surface area contributed by atoms with E-state index in [9.17, 15) is 9.59 Å². The number of ether oxygens (including phenoxy) is 1. The van der Waals surface area contributed by atoms with Gasteiger partial charge in [0.05, 0.1) is 13.2 Å². The van der Waals surface area contributed by atoms with Gasteiger partial charge in [-0.05, 0) is 43.5 Å². The molecule has 0 unspecified atom stereocenters. The SMILES string of the molecule is COCC1(CNC(=O)CNC(=O)N2CCc3ccccc3C2)CCNCC1. The van der Waals surface area contributed by atoms with E-state index in [2.05, 4.69) is 28.1 Å². The molecule has 3 rings (SSSR count). The highest BCUT2D eigenvalue weighted by Gasteiger charge is 2.32. The van der Waals surface area contributed by atoms with Crippen LogP contribution in [0.1, 0.15) is 24.0 Å². The molecule has 7 nitrogen and oxygen atoms in total. The third-order valence-electron chi connectivity index (χ3n) is 5.59. The molecular formula is C20H30N4O3. The third-order valence-corrected chi connectivity index (χ3v) is 5.59. The number of hydrogen-bond acceptors (Lipinski definition) is 4. The summed E-state index contributed by atoms with van der Waals surface area (Å²) < 4.78 is 5.37. The first kappa shape index (κ1) is 19.6. The normalized spacial score (nSPS) is 18.5. The van der Waals surface area contributed by atoms with Crippen molar-refractivity contribution in [3.63, 3.8) is 0 Å². The molecule has 0 bridgehead atoms. The first-order valence-electron chi connectivity index (χ1n) is 9.68. The number of fused-ring (bicyclic) bond motifs is 1. The monoisotopic (exact) mass is 374 g/mol. The molecular weight excluding hydrogens is 344 g/mol. The van der Waals surface area contributed by atoms with Crippen LogP contribution in [0.5, 0.6) is 0 Å². The van der Waals surface area contributed by atoms with Crippen LogP contribution in [0.2, 0.25) is 0 Å². The molecule has 2 aliphatic rings. The van der Waals surface area contributed by atoms with E-state index in [1.54, 1.807) is 12.0 Å². The summed E-state index contributed by atoms with van der Waals surface area (Å²) in [5.74, 6) is -0.158. The van der Waals surface area contributed by atoms with Gasteiger partial charge in [0.1, 0.15) is 0 Å². The molecule has 1 aromatic carbocycles. The lowest BCUT2D eigenvalue weighted by molar-refractivity contribution is -0.121. The van der Waals surface area contributed by atoms with Gasteiger partial charge in [0.2, 0.25) is 5.91 Å². The summed E-state index contributed by atoms with van der Waals surface area (Å²) in [6.45, 7) is 4.35. The largest absolute Gasteiger partial charge is 0.384 e. The molecule has 3 amide bonds. The van der Waals surface area contributed by atoms with Gasteiger partial charge >= 0.3 is 6.03 Å². The van der Waals surface area contributed by atoms with Crippen molar-refractivity contribution in [3.05, 3.63) is 35.4 Å². The Bertz CT molecular complexity index is 653. The van der Waals surface area contributed by atoms with Gasteiger partial charge in [0.25, 0.3) is 0 Å². The molecule has 7 heteroatoms. The summed E-state index contributed by atoms with van der Waals surface area (Å²) in [5, 5.41) is 9.06. The van der Waals surface area contributed by atoms with Crippen LogP contribution in [0.4, 0.5) is 4.79 Å². The number of nitrogens with zero attached hydrogens (tertiary/aromatic N) is 1. The van der Waals surface area contributed by atoms with Crippen LogP contribution < -0.4 is 16.0 Å². The molecule has 1 aromatic rings. The lowest BCUT2D eigenvalue weighted by atomic mass is 9.79. The number of rotatable bonds is 6. The molecule has 27 heavy (non-hydrogen) atoms. The standard InChI is InChI=1S/C20H30N4O3/c1-27-15-20(7-9-21-10-8-20)14-23-18(25)12-22-19(26)24-11-6-16-4-2-3-5-17(16)13-24/h2-5,21H,6-15H2,1H3,(H,22,26)(H,23,25). The molecule has 1 fully saturated rings. The lowest BCUT2D eigenvalue weighted by Crippen LogP contribution is -2.50. The third kappa shape index (κ3) is 5.20. The van der Waals surface area contributed by atoms with E-state index in [-0.39, 0.29) is 23.9 Å². The van der Waals surface area contributed by atoms with Crippen molar-refractivity contribution < 1.29 is 14.3 Å². The average molecular weight is 374 g/mol. The zero-order valence-corrected chi connectivity index (χ0v) is 16.1. The molecule has 1 saturated heterocycles. The smallest absolute Gasteiger partial charge is 0.318 e. The summed E-state index contributed by atoms with van der Waals surface area (Å²) in [5.41, 5.74) is 2.46. The number of nitrogens with one attached hydrogen (secondary N) is 3. The first-order valence-corrected chi connectivity index (χ1v) is 9.68. The van der Waals surface area contributed by atoms with Gasteiger partial charge in [-0.2, -0.15) is 0 Å². The number of amides is 3. The van der Waals surface area contributed by atoms with E-state index in [0.29, 0.717) is 26.2 Å². The zero-order valence-electron chi connectivity index (χ0n) is 16.1. The number of methoxy groups -OCH3 is 1.